The minimum atomic E-state index is 0.166. The highest BCUT2D eigenvalue weighted by Crippen LogP contribution is 2.22. The van der Waals surface area contributed by atoms with Crippen LogP contribution >= 0.6 is 0 Å². The van der Waals surface area contributed by atoms with Crippen LogP contribution in [-0.4, -0.2) is 37.5 Å². The van der Waals surface area contributed by atoms with Gasteiger partial charge in [-0.1, -0.05) is 0 Å². The molecule has 3 rings (SSSR count). The Morgan fingerprint density at radius 1 is 1.36 bits per heavy atom. The van der Waals surface area contributed by atoms with Crippen LogP contribution in [0.25, 0.3) is 0 Å². The largest absolute Gasteiger partial charge is 0.347 e. The Bertz CT molecular complexity index is 643. The molecule has 0 aliphatic carbocycles. The molecule has 118 valence electrons. The van der Waals surface area contributed by atoms with Gasteiger partial charge in [-0.2, -0.15) is 0 Å². The second-order valence-electron chi connectivity index (χ2n) is 6.11. The molecule has 0 aromatic carbocycles. The topological polar surface area (TPSA) is 43.1 Å². The number of aromatic nitrogens is 3. The summed E-state index contributed by atoms with van der Waals surface area (Å²) in [7, 11) is 1.93. The van der Waals surface area contributed by atoms with E-state index in [1.54, 1.807) is 0 Å². The predicted molar refractivity (Wildman–Crippen MR) is 85.7 cm³/mol. The maximum absolute atomic E-state index is 12.8. The van der Waals surface area contributed by atoms with Crippen LogP contribution in [0, 0.1) is 6.92 Å². The van der Waals surface area contributed by atoms with Crippen molar-refractivity contribution < 1.29 is 4.79 Å². The Morgan fingerprint density at radius 3 is 2.91 bits per heavy atom. The molecule has 2 aromatic heterocycles. The van der Waals surface area contributed by atoms with Gasteiger partial charge in [-0.15, -0.1) is 0 Å². The van der Waals surface area contributed by atoms with Crippen molar-refractivity contribution in [1.29, 1.82) is 0 Å². The molecule has 1 amide bonds. The summed E-state index contributed by atoms with van der Waals surface area (Å²) in [6.45, 7) is 3.82. The minimum absolute atomic E-state index is 0.166. The molecule has 2 aromatic rings. The van der Waals surface area contributed by atoms with E-state index in [-0.39, 0.29) is 5.91 Å². The van der Waals surface area contributed by atoms with Crippen LogP contribution in [0.4, 0.5) is 0 Å². The van der Waals surface area contributed by atoms with Crippen LogP contribution in [-0.2, 0) is 13.6 Å². The Morgan fingerprint density at radius 2 is 2.23 bits per heavy atom. The molecule has 0 spiro atoms. The van der Waals surface area contributed by atoms with E-state index in [2.05, 4.69) is 14.5 Å². The maximum atomic E-state index is 12.8. The van der Waals surface area contributed by atoms with Crippen molar-refractivity contribution in [3.8, 4) is 0 Å². The molecule has 3 heterocycles. The normalized spacial score (nSPS) is 18.6. The standard InChI is InChI=1S/C17H24N4O/c1-14-18-9-13-20(14)12-8-15-6-3-4-11-21(15)17(22)16-7-5-10-19(16)2/h5,7,9-10,13,15H,3-4,6,8,11-12H2,1-2H3. The summed E-state index contributed by atoms with van der Waals surface area (Å²) in [6.07, 6.45) is 10.2. The van der Waals surface area contributed by atoms with Gasteiger partial charge < -0.3 is 14.0 Å². The molecular formula is C17H24N4O. The summed E-state index contributed by atoms with van der Waals surface area (Å²) in [6, 6.07) is 4.17. The highest BCUT2D eigenvalue weighted by molar-refractivity contribution is 5.93. The van der Waals surface area contributed by atoms with Crippen molar-refractivity contribution in [2.24, 2.45) is 7.05 Å². The first-order valence-corrected chi connectivity index (χ1v) is 8.07. The van der Waals surface area contributed by atoms with Gasteiger partial charge in [0.2, 0.25) is 0 Å². The molecule has 0 radical (unpaired) electrons. The highest BCUT2D eigenvalue weighted by atomic mass is 16.2. The fraction of sp³-hybridized carbons (Fsp3) is 0.529. The summed E-state index contributed by atoms with van der Waals surface area (Å²) in [5.74, 6) is 1.20. The third-order valence-electron chi connectivity index (χ3n) is 4.68. The van der Waals surface area contributed by atoms with E-state index in [1.165, 1.54) is 6.42 Å². The molecule has 1 atom stereocenters. The summed E-state index contributed by atoms with van der Waals surface area (Å²) in [4.78, 5) is 19.1. The maximum Gasteiger partial charge on any atom is 0.270 e. The summed E-state index contributed by atoms with van der Waals surface area (Å²) >= 11 is 0. The summed E-state index contributed by atoms with van der Waals surface area (Å²) < 4.78 is 4.08. The van der Waals surface area contributed by atoms with Gasteiger partial charge in [-0.25, -0.2) is 4.98 Å². The molecule has 1 fully saturated rings. The quantitative estimate of drug-likeness (QED) is 0.871. The van der Waals surface area contributed by atoms with Crippen LogP contribution in [0.15, 0.2) is 30.7 Å². The molecular weight excluding hydrogens is 276 g/mol. The van der Waals surface area contributed by atoms with Gasteiger partial charge in [0.25, 0.3) is 5.91 Å². The molecule has 0 N–H and O–H groups in total. The lowest BCUT2D eigenvalue weighted by Gasteiger charge is -2.36. The molecule has 1 saturated heterocycles. The summed E-state index contributed by atoms with van der Waals surface area (Å²) in [5, 5.41) is 0. The smallest absolute Gasteiger partial charge is 0.270 e. The predicted octanol–water partition coefficient (Wildman–Crippen LogP) is 2.62. The van der Waals surface area contributed by atoms with Crippen LogP contribution in [0.1, 0.15) is 42.0 Å². The number of carbonyl (C=O) groups is 1. The molecule has 0 bridgehead atoms. The van der Waals surface area contributed by atoms with E-state index in [1.807, 2.05) is 49.3 Å². The molecule has 5 nitrogen and oxygen atoms in total. The zero-order chi connectivity index (χ0) is 15.5. The monoisotopic (exact) mass is 300 g/mol. The van der Waals surface area contributed by atoms with E-state index in [4.69, 9.17) is 0 Å². The van der Waals surface area contributed by atoms with Crippen molar-refractivity contribution in [2.75, 3.05) is 6.54 Å². The first kappa shape index (κ1) is 14.9. The number of rotatable bonds is 4. The SMILES string of the molecule is Cc1nccn1CCC1CCCCN1C(=O)c1cccn1C. The molecule has 1 aliphatic rings. The van der Waals surface area contributed by atoms with Crippen molar-refractivity contribution in [1.82, 2.24) is 19.0 Å². The van der Waals surface area contributed by atoms with Crippen molar-refractivity contribution in [2.45, 2.75) is 45.2 Å². The first-order chi connectivity index (χ1) is 10.7. The molecule has 22 heavy (non-hydrogen) atoms. The van der Waals surface area contributed by atoms with Crippen molar-refractivity contribution in [3.63, 3.8) is 0 Å². The van der Waals surface area contributed by atoms with Crippen molar-refractivity contribution >= 4 is 5.91 Å². The lowest BCUT2D eigenvalue weighted by atomic mass is 9.98. The number of likely N-dealkylation sites (tertiary alicyclic amines) is 1. The number of carbonyl (C=O) groups excluding carboxylic acids is 1. The van der Waals surface area contributed by atoms with E-state index in [9.17, 15) is 4.79 Å². The zero-order valence-corrected chi connectivity index (χ0v) is 13.4. The van der Waals surface area contributed by atoms with E-state index in [0.29, 0.717) is 6.04 Å². The average Bonchev–Trinajstić information content (AvgIpc) is 3.13. The van der Waals surface area contributed by atoms with E-state index >= 15 is 0 Å². The third kappa shape index (κ3) is 2.93. The molecule has 1 aliphatic heterocycles. The number of hydrogen-bond acceptors (Lipinski definition) is 2. The van der Waals surface area contributed by atoms with E-state index < -0.39 is 0 Å². The Kier molecular flexibility index (Phi) is 4.32. The number of hydrogen-bond donors (Lipinski definition) is 0. The number of imidazole rings is 1. The Balaban J connectivity index is 1.70. The van der Waals surface area contributed by atoms with Crippen LogP contribution < -0.4 is 0 Å². The molecule has 1 unspecified atom stereocenters. The highest BCUT2D eigenvalue weighted by Gasteiger charge is 2.28. The zero-order valence-electron chi connectivity index (χ0n) is 13.4. The lowest BCUT2D eigenvalue weighted by molar-refractivity contribution is 0.0585. The van der Waals surface area contributed by atoms with Crippen LogP contribution in [0.5, 0.6) is 0 Å². The fourth-order valence-corrected chi connectivity index (χ4v) is 3.33. The second-order valence-corrected chi connectivity index (χ2v) is 6.11. The Hall–Kier alpha value is -2.04. The fourth-order valence-electron chi connectivity index (χ4n) is 3.33. The number of piperidine rings is 1. The van der Waals surface area contributed by atoms with Gasteiger partial charge in [0.1, 0.15) is 11.5 Å². The lowest BCUT2D eigenvalue weighted by Crippen LogP contribution is -2.44. The first-order valence-electron chi connectivity index (χ1n) is 8.07. The second kappa shape index (κ2) is 6.38. The average molecular weight is 300 g/mol. The molecule has 0 saturated carbocycles. The van der Waals surface area contributed by atoms with Crippen LogP contribution in [0.2, 0.25) is 0 Å². The molecule has 5 heteroatoms. The summed E-state index contributed by atoms with van der Waals surface area (Å²) in [5.41, 5.74) is 0.783. The van der Waals surface area contributed by atoms with E-state index in [0.717, 1.165) is 43.9 Å². The van der Waals surface area contributed by atoms with Gasteiger partial charge in [-0.05, 0) is 44.7 Å². The van der Waals surface area contributed by atoms with Crippen molar-refractivity contribution in [3.05, 3.63) is 42.2 Å². The van der Waals surface area contributed by atoms with Gasteiger partial charge >= 0.3 is 0 Å². The number of aryl methyl sites for hydroxylation is 3. The number of nitrogens with zero attached hydrogens (tertiary/aromatic N) is 4. The Labute approximate surface area is 131 Å². The van der Waals surface area contributed by atoms with Gasteiger partial charge in [0.05, 0.1) is 0 Å². The van der Waals surface area contributed by atoms with Gasteiger partial charge in [0, 0.05) is 44.8 Å². The number of amides is 1. The van der Waals surface area contributed by atoms with Gasteiger partial charge in [-0.3, -0.25) is 4.79 Å². The minimum Gasteiger partial charge on any atom is -0.347 e. The van der Waals surface area contributed by atoms with Gasteiger partial charge in [0.15, 0.2) is 0 Å². The third-order valence-corrected chi connectivity index (χ3v) is 4.68. The van der Waals surface area contributed by atoms with Crippen LogP contribution in [0.3, 0.4) is 0 Å².